The molecule has 0 saturated carbocycles. The normalized spacial score (nSPS) is 10.9. The number of rotatable bonds is 3. The van der Waals surface area contributed by atoms with E-state index in [1.807, 2.05) is 13.8 Å². The van der Waals surface area contributed by atoms with E-state index in [0.29, 0.717) is 6.54 Å². The lowest BCUT2D eigenvalue weighted by Gasteiger charge is -1.97. The third-order valence-electron chi connectivity index (χ3n) is 2.32. The molecule has 2 heterocycles. The SMILES string of the molecule is Cc1noc(C)c1-c1oncc1CCN. The molecule has 0 aliphatic rings. The first kappa shape index (κ1) is 9.92. The number of nitrogens with zero attached hydrogens (tertiary/aromatic N) is 2. The Labute approximate surface area is 87.2 Å². The fourth-order valence-electron chi connectivity index (χ4n) is 1.61. The van der Waals surface area contributed by atoms with E-state index in [2.05, 4.69) is 10.3 Å². The summed E-state index contributed by atoms with van der Waals surface area (Å²) in [5.41, 5.74) is 8.20. The van der Waals surface area contributed by atoms with Crippen molar-refractivity contribution in [1.82, 2.24) is 10.3 Å². The standard InChI is InChI=1S/C10H13N3O2/c1-6-9(7(2)14-13-6)10-8(3-4-11)5-12-15-10/h5H,3-4,11H2,1-2H3. The van der Waals surface area contributed by atoms with Crippen molar-refractivity contribution in [2.75, 3.05) is 6.54 Å². The molecular weight excluding hydrogens is 194 g/mol. The summed E-state index contributed by atoms with van der Waals surface area (Å²) in [5.74, 6) is 1.46. The third-order valence-corrected chi connectivity index (χ3v) is 2.32. The number of aromatic nitrogens is 2. The summed E-state index contributed by atoms with van der Waals surface area (Å²) < 4.78 is 10.3. The van der Waals surface area contributed by atoms with Gasteiger partial charge in [0.25, 0.3) is 0 Å². The van der Waals surface area contributed by atoms with Gasteiger partial charge in [0, 0.05) is 5.56 Å². The van der Waals surface area contributed by atoms with Crippen LogP contribution in [0.1, 0.15) is 17.0 Å². The molecule has 5 heteroatoms. The lowest BCUT2D eigenvalue weighted by Crippen LogP contribution is -2.02. The Hall–Kier alpha value is -1.62. The molecule has 2 aromatic rings. The first-order valence-electron chi connectivity index (χ1n) is 4.81. The highest BCUT2D eigenvalue weighted by Gasteiger charge is 2.18. The fourth-order valence-corrected chi connectivity index (χ4v) is 1.61. The molecule has 0 fully saturated rings. The van der Waals surface area contributed by atoms with E-state index in [-0.39, 0.29) is 0 Å². The minimum atomic E-state index is 0.567. The average Bonchev–Trinajstić information content (AvgIpc) is 2.75. The van der Waals surface area contributed by atoms with E-state index in [1.54, 1.807) is 6.20 Å². The number of hydrogen-bond acceptors (Lipinski definition) is 5. The van der Waals surface area contributed by atoms with Crippen molar-refractivity contribution < 1.29 is 9.05 Å². The van der Waals surface area contributed by atoms with Crippen LogP contribution in [0, 0.1) is 13.8 Å². The van der Waals surface area contributed by atoms with E-state index in [4.69, 9.17) is 14.8 Å². The molecule has 0 radical (unpaired) electrons. The monoisotopic (exact) mass is 207 g/mol. The van der Waals surface area contributed by atoms with E-state index < -0.39 is 0 Å². The van der Waals surface area contributed by atoms with E-state index in [0.717, 1.165) is 34.8 Å². The molecule has 15 heavy (non-hydrogen) atoms. The van der Waals surface area contributed by atoms with Gasteiger partial charge in [-0.3, -0.25) is 0 Å². The lowest BCUT2D eigenvalue weighted by molar-refractivity contribution is 0.392. The molecular formula is C10H13N3O2. The third kappa shape index (κ3) is 1.66. The zero-order valence-corrected chi connectivity index (χ0v) is 8.78. The Kier molecular flexibility index (Phi) is 2.55. The summed E-state index contributed by atoms with van der Waals surface area (Å²) in [6, 6.07) is 0. The summed E-state index contributed by atoms with van der Waals surface area (Å²) in [6.07, 6.45) is 2.43. The Morgan fingerprint density at radius 1 is 1.33 bits per heavy atom. The van der Waals surface area contributed by atoms with Crippen LogP contribution in [0.4, 0.5) is 0 Å². The van der Waals surface area contributed by atoms with Crippen molar-refractivity contribution in [3.63, 3.8) is 0 Å². The maximum absolute atomic E-state index is 5.51. The molecule has 0 aliphatic heterocycles. The molecule has 0 spiro atoms. The van der Waals surface area contributed by atoms with Gasteiger partial charge in [-0.25, -0.2) is 0 Å². The summed E-state index contributed by atoms with van der Waals surface area (Å²) >= 11 is 0. The number of aryl methyl sites for hydroxylation is 2. The molecule has 0 aromatic carbocycles. The highest BCUT2D eigenvalue weighted by molar-refractivity contribution is 5.64. The largest absolute Gasteiger partial charge is 0.361 e. The van der Waals surface area contributed by atoms with Crippen LogP contribution in [0.5, 0.6) is 0 Å². The van der Waals surface area contributed by atoms with Gasteiger partial charge in [-0.15, -0.1) is 0 Å². The minimum Gasteiger partial charge on any atom is -0.361 e. The fraction of sp³-hybridized carbons (Fsp3) is 0.400. The zero-order chi connectivity index (χ0) is 10.8. The van der Waals surface area contributed by atoms with Crippen molar-refractivity contribution in [3.05, 3.63) is 23.2 Å². The zero-order valence-electron chi connectivity index (χ0n) is 8.78. The van der Waals surface area contributed by atoms with Gasteiger partial charge >= 0.3 is 0 Å². The van der Waals surface area contributed by atoms with Crippen LogP contribution in [-0.2, 0) is 6.42 Å². The molecule has 2 N–H and O–H groups in total. The first-order valence-corrected chi connectivity index (χ1v) is 4.81. The Morgan fingerprint density at radius 3 is 2.73 bits per heavy atom. The summed E-state index contributed by atoms with van der Waals surface area (Å²) in [7, 11) is 0. The second-order valence-corrected chi connectivity index (χ2v) is 3.42. The van der Waals surface area contributed by atoms with Crippen LogP contribution in [0.25, 0.3) is 11.3 Å². The van der Waals surface area contributed by atoms with Gasteiger partial charge in [0.2, 0.25) is 0 Å². The van der Waals surface area contributed by atoms with Crippen molar-refractivity contribution in [2.24, 2.45) is 5.73 Å². The molecule has 80 valence electrons. The average molecular weight is 207 g/mol. The Morgan fingerprint density at radius 2 is 2.13 bits per heavy atom. The second-order valence-electron chi connectivity index (χ2n) is 3.42. The predicted octanol–water partition coefficient (Wildman–Crippen LogP) is 1.45. The number of hydrogen-bond donors (Lipinski definition) is 1. The Bertz CT molecular complexity index is 439. The van der Waals surface area contributed by atoms with Crippen molar-refractivity contribution >= 4 is 0 Å². The molecule has 0 aliphatic carbocycles. The lowest BCUT2D eigenvalue weighted by atomic mass is 10.1. The Balaban J connectivity index is 2.49. The van der Waals surface area contributed by atoms with Crippen LogP contribution < -0.4 is 5.73 Å². The quantitative estimate of drug-likeness (QED) is 0.824. The molecule has 0 amide bonds. The minimum absolute atomic E-state index is 0.567. The molecule has 0 bridgehead atoms. The highest BCUT2D eigenvalue weighted by Crippen LogP contribution is 2.29. The van der Waals surface area contributed by atoms with Crippen LogP contribution in [-0.4, -0.2) is 16.9 Å². The van der Waals surface area contributed by atoms with Crippen LogP contribution in [0.2, 0.25) is 0 Å². The van der Waals surface area contributed by atoms with Gasteiger partial charge in [-0.2, -0.15) is 0 Å². The maximum atomic E-state index is 5.51. The smallest absolute Gasteiger partial charge is 0.175 e. The van der Waals surface area contributed by atoms with Gasteiger partial charge in [-0.05, 0) is 26.8 Å². The second kappa shape index (κ2) is 3.86. The molecule has 5 nitrogen and oxygen atoms in total. The first-order chi connectivity index (χ1) is 7.24. The van der Waals surface area contributed by atoms with Crippen LogP contribution >= 0.6 is 0 Å². The molecule has 2 aromatic heterocycles. The van der Waals surface area contributed by atoms with Crippen LogP contribution in [0.15, 0.2) is 15.2 Å². The molecule has 0 unspecified atom stereocenters. The van der Waals surface area contributed by atoms with E-state index >= 15 is 0 Å². The molecule has 2 rings (SSSR count). The van der Waals surface area contributed by atoms with Gasteiger partial charge in [0.15, 0.2) is 5.76 Å². The highest BCUT2D eigenvalue weighted by atomic mass is 16.5. The summed E-state index contributed by atoms with van der Waals surface area (Å²) in [5, 5.41) is 7.66. The van der Waals surface area contributed by atoms with Crippen molar-refractivity contribution in [2.45, 2.75) is 20.3 Å². The molecule has 0 atom stereocenters. The predicted molar refractivity (Wildman–Crippen MR) is 54.2 cm³/mol. The van der Waals surface area contributed by atoms with Gasteiger partial charge < -0.3 is 14.8 Å². The topological polar surface area (TPSA) is 78.1 Å². The summed E-state index contributed by atoms with van der Waals surface area (Å²) in [4.78, 5) is 0. The molecule has 0 saturated heterocycles. The summed E-state index contributed by atoms with van der Waals surface area (Å²) in [6.45, 7) is 4.29. The van der Waals surface area contributed by atoms with Crippen molar-refractivity contribution in [1.29, 1.82) is 0 Å². The van der Waals surface area contributed by atoms with Gasteiger partial charge in [0.05, 0.1) is 17.5 Å². The van der Waals surface area contributed by atoms with Crippen molar-refractivity contribution in [3.8, 4) is 11.3 Å². The van der Waals surface area contributed by atoms with Crippen LogP contribution in [0.3, 0.4) is 0 Å². The van der Waals surface area contributed by atoms with Gasteiger partial charge in [0.1, 0.15) is 5.76 Å². The number of nitrogens with two attached hydrogens (primary N) is 1. The van der Waals surface area contributed by atoms with E-state index in [9.17, 15) is 0 Å². The van der Waals surface area contributed by atoms with E-state index in [1.165, 1.54) is 0 Å². The van der Waals surface area contributed by atoms with Gasteiger partial charge in [-0.1, -0.05) is 10.3 Å². The maximum Gasteiger partial charge on any atom is 0.175 e.